The molecule has 1 aromatic carbocycles. The lowest BCUT2D eigenvalue weighted by Gasteiger charge is -2.43. The number of aryl methyl sites for hydroxylation is 1. The smallest absolute Gasteiger partial charge is 0.255 e. The van der Waals surface area contributed by atoms with Crippen molar-refractivity contribution in [3.8, 4) is 0 Å². The summed E-state index contributed by atoms with van der Waals surface area (Å²) in [6.07, 6.45) is 8.46. The molecule has 0 aromatic heterocycles. The molecular weight excluding hydrogens is 362 g/mol. The van der Waals surface area contributed by atoms with Gasteiger partial charge in [0.15, 0.2) is 5.60 Å². The number of nitrogens with zero attached hydrogens (tertiary/aromatic N) is 3. The molecule has 5 heteroatoms. The first-order valence-electron chi connectivity index (χ1n) is 11.7. The van der Waals surface area contributed by atoms with Crippen LogP contribution in [0, 0.1) is 0 Å². The highest BCUT2D eigenvalue weighted by Crippen LogP contribution is 2.27. The molecule has 3 fully saturated rings. The SMILES string of the molecule is O=C1N(CCCc2ccccc2)CCCC1(O)CN1CCC(N2CCCC2)CC1. The predicted molar refractivity (Wildman–Crippen MR) is 116 cm³/mol. The van der Waals surface area contributed by atoms with Gasteiger partial charge in [0, 0.05) is 25.7 Å². The lowest BCUT2D eigenvalue weighted by Crippen LogP contribution is -2.59. The summed E-state index contributed by atoms with van der Waals surface area (Å²) in [5.41, 5.74) is 0.124. The van der Waals surface area contributed by atoms with Crippen LogP contribution in [0.25, 0.3) is 0 Å². The van der Waals surface area contributed by atoms with Gasteiger partial charge in [0.25, 0.3) is 5.91 Å². The number of carbonyl (C=O) groups excluding carboxylic acids is 1. The van der Waals surface area contributed by atoms with E-state index in [2.05, 4.69) is 34.1 Å². The standard InChI is InChI=1S/C24H37N3O2/c28-23-24(29,20-25-18-11-22(12-19-25)26-14-4-5-15-26)13-7-17-27(23)16-6-10-21-8-2-1-3-9-21/h1-3,8-9,22,29H,4-7,10-20H2. The van der Waals surface area contributed by atoms with Crippen LogP contribution in [0.15, 0.2) is 30.3 Å². The molecule has 4 rings (SSSR count). The molecule has 1 N–H and O–H groups in total. The maximum absolute atomic E-state index is 13.1. The van der Waals surface area contributed by atoms with E-state index in [9.17, 15) is 9.90 Å². The number of aliphatic hydroxyl groups is 1. The van der Waals surface area contributed by atoms with Crippen LogP contribution in [-0.2, 0) is 11.2 Å². The molecule has 160 valence electrons. The molecule has 1 amide bonds. The molecule has 1 aromatic rings. The lowest BCUT2D eigenvalue weighted by molar-refractivity contribution is -0.160. The predicted octanol–water partition coefficient (Wildman–Crippen LogP) is 2.53. The summed E-state index contributed by atoms with van der Waals surface area (Å²) in [5.74, 6) is -0.0431. The molecule has 3 aliphatic rings. The second-order valence-corrected chi connectivity index (χ2v) is 9.27. The van der Waals surface area contributed by atoms with Gasteiger partial charge in [-0.2, -0.15) is 0 Å². The van der Waals surface area contributed by atoms with E-state index < -0.39 is 5.60 Å². The second-order valence-electron chi connectivity index (χ2n) is 9.27. The highest BCUT2D eigenvalue weighted by molar-refractivity contribution is 5.86. The van der Waals surface area contributed by atoms with Crippen LogP contribution in [-0.4, -0.2) is 83.2 Å². The Bertz CT molecular complexity index is 653. The first kappa shape index (κ1) is 20.8. The molecule has 1 atom stereocenters. The van der Waals surface area contributed by atoms with Gasteiger partial charge < -0.3 is 14.9 Å². The van der Waals surface area contributed by atoms with E-state index in [1.165, 1.54) is 44.3 Å². The van der Waals surface area contributed by atoms with Crippen LogP contribution in [0.2, 0.25) is 0 Å². The van der Waals surface area contributed by atoms with Crippen molar-refractivity contribution in [3.05, 3.63) is 35.9 Å². The number of piperidine rings is 2. The van der Waals surface area contributed by atoms with Gasteiger partial charge in [-0.3, -0.25) is 9.69 Å². The minimum atomic E-state index is -1.19. The van der Waals surface area contributed by atoms with Crippen LogP contribution >= 0.6 is 0 Å². The van der Waals surface area contributed by atoms with Gasteiger partial charge in [-0.1, -0.05) is 30.3 Å². The van der Waals surface area contributed by atoms with Gasteiger partial charge >= 0.3 is 0 Å². The fourth-order valence-corrected chi connectivity index (χ4v) is 5.46. The number of hydrogen-bond acceptors (Lipinski definition) is 4. The van der Waals surface area contributed by atoms with Crippen molar-refractivity contribution in [2.75, 3.05) is 45.8 Å². The van der Waals surface area contributed by atoms with Crippen molar-refractivity contribution >= 4 is 5.91 Å². The number of amides is 1. The Balaban J connectivity index is 1.25. The van der Waals surface area contributed by atoms with Crippen molar-refractivity contribution in [1.82, 2.24) is 14.7 Å². The van der Waals surface area contributed by atoms with Crippen molar-refractivity contribution < 1.29 is 9.90 Å². The monoisotopic (exact) mass is 399 g/mol. The molecule has 0 radical (unpaired) electrons. The average molecular weight is 400 g/mol. The normalized spacial score (nSPS) is 27.6. The topological polar surface area (TPSA) is 47.0 Å². The quantitative estimate of drug-likeness (QED) is 0.765. The van der Waals surface area contributed by atoms with Gasteiger partial charge in [0.1, 0.15) is 0 Å². The van der Waals surface area contributed by atoms with Crippen LogP contribution in [0.3, 0.4) is 0 Å². The number of likely N-dealkylation sites (tertiary alicyclic amines) is 3. The average Bonchev–Trinajstić information content (AvgIpc) is 3.28. The van der Waals surface area contributed by atoms with Crippen molar-refractivity contribution in [1.29, 1.82) is 0 Å². The summed E-state index contributed by atoms with van der Waals surface area (Å²) in [7, 11) is 0. The molecule has 0 bridgehead atoms. The second kappa shape index (κ2) is 9.59. The molecule has 29 heavy (non-hydrogen) atoms. The number of rotatable bonds is 7. The largest absolute Gasteiger partial charge is 0.379 e. The van der Waals surface area contributed by atoms with Gasteiger partial charge in [-0.05, 0) is 83.1 Å². The molecule has 1 unspecified atom stereocenters. The van der Waals surface area contributed by atoms with Gasteiger partial charge in [0.05, 0.1) is 0 Å². The van der Waals surface area contributed by atoms with E-state index in [1.54, 1.807) is 0 Å². The summed E-state index contributed by atoms with van der Waals surface area (Å²) in [5, 5.41) is 11.2. The third kappa shape index (κ3) is 5.19. The van der Waals surface area contributed by atoms with Crippen LogP contribution in [0.1, 0.15) is 50.5 Å². The van der Waals surface area contributed by atoms with E-state index >= 15 is 0 Å². The van der Waals surface area contributed by atoms with Crippen molar-refractivity contribution in [3.63, 3.8) is 0 Å². The molecule has 5 nitrogen and oxygen atoms in total. The first-order chi connectivity index (χ1) is 14.1. The Labute approximate surface area is 175 Å². The Morgan fingerprint density at radius 2 is 1.69 bits per heavy atom. The van der Waals surface area contributed by atoms with E-state index in [0.29, 0.717) is 19.0 Å². The fraction of sp³-hybridized carbons (Fsp3) is 0.708. The minimum Gasteiger partial charge on any atom is -0.379 e. The Hall–Kier alpha value is -1.43. The number of β-amino-alcohol motifs (C(OH)–C–C–N with tert-alkyl or cyclic N) is 1. The van der Waals surface area contributed by atoms with E-state index in [-0.39, 0.29) is 5.91 Å². The van der Waals surface area contributed by atoms with E-state index in [1.807, 2.05) is 11.0 Å². The third-order valence-electron chi connectivity index (χ3n) is 7.14. The lowest BCUT2D eigenvalue weighted by atomic mass is 9.89. The maximum Gasteiger partial charge on any atom is 0.255 e. The summed E-state index contributed by atoms with van der Waals surface area (Å²) in [6, 6.07) is 11.1. The highest BCUT2D eigenvalue weighted by atomic mass is 16.3. The molecule has 3 heterocycles. The fourth-order valence-electron chi connectivity index (χ4n) is 5.46. The summed E-state index contributed by atoms with van der Waals surface area (Å²) < 4.78 is 0. The third-order valence-corrected chi connectivity index (χ3v) is 7.14. The molecular formula is C24H37N3O2. The van der Waals surface area contributed by atoms with Crippen LogP contribution in [0.5, 0.6) is 0 Å². The zero-order chi connectivity index (χ0) is 20.1. The Morgan fingerprint density at radius 3 is 2.41 bits per heavy atom. The molecule has 0 aliphatic carbocycles. The number of hydrogen-bond donors (Lipinski definition) is 1. The number of carbonyl (C=O) groups is 1. The van der Waals surface area contributed by atoms with E-state index in [4.69, 9.17) is 0 Å². The zero-order valence-electron chi connectivity index (χ0n) is 17.8. The maximum atomic E-state index is 13.1. The first-order valence-corrected chi connectivity index (χ1v) is 11.7. The minimum absolute atomic E-state index is 0.0431. The zero-order valence-corrected chi connectivity index (χ0v) is 17.8. The molecule has 0 saturated carbocycles. The summed E-state index contributed by atoms with van der Waals surface area (Å²) in [6.45, 7) is 6.55. The van der Waals surface area contributed by atoms with Crippen LogP contribution < -0.4 is 0 Å². The van der Waals surface area contributed by atoms with Crippen molar-refractivity contribution in [2.24, 2.45) is 0 Å². The van der Waals surface area contributed by atoms with Gasteiger partial charge in [0.2, 0.25) is 0 Å². The highest BCUT2D eigenvalue weighted by Gasteiger charge is 2.43. The molecule has 3 saturated heterocycles. The van der Waals surface area contributed by atoms with E-state index in [0.717, 1.165) is 45.4 Å². The summed E-state index contributed by atoms with van der Waals surface area (Å²) >= 11 is 0. The Kier molecular flexibility index (Phi) is 6.88. The molecule has 0 spiro atoms. The van der Waals surface area contributed by atoms with Crippen LogP contribution in [0.4, 0.5) is 0 Å². The Morgan fingerprint density at radius 1 is 0.966 bits per heavy atom. The van der Waals surface area contributed by atoms with Gasteiger partial charge in [-0.25, -0.2) is 0 Å². The summed E-state index contributed by atoms with van der Waals surface area (Å²) in [4.78, 5) is 20.0. The molecule has 3 aliphatic heterocycles. The van der Waals surface area contributed by atoms with Gasteiger partial charge in [-0.15, -0.1) is 0 Å². The number of benzene rings is 1. The van der Waals surface area contributed by atoms with Crippen molar-refractivity contribution in [2.45, 2.75) is 63.0 Å².